The van der Waals surface area contributed by atoms with Crippen LogP contribution in [0.5, 0.6) is 0 Å². The van der Waals surface area contributed by atoms with Crippen molar-refractivity contribution in [3.63, 3.8) is 0 Å². The highest BCUT2D eigenvalue weighted by Gasteiger charge is 2.43. The van der Waals surface area contributed by atoms with Crippen LogP contribution in [0.15, 0.2) is 29.0 Å². The molecule has 1 unspecified atom stereocenters. The van der Waals surface area contributed by atoms with Crippen molar-refractivity contribution in [2.45, 2.75) is 37.9 Å². The first-order chi connectivity index (χ1) is 11.3. The average Bonchev–Trinajstić information content (AvgIpc) is 3.29. The Morgan fingerprint density at radius 2 is 2.00 bits per heavy atom. The van der Waals surface area contributed by atoms with Gasteiger partial charge in [0.2, 0.25) is 5.91 Å². The largest absolute Gasteiger partial charge is 0.436 e. The molecule has 2 aromatic heterocycles. The lowest BCUT2D eigenvalue weighted by molar-refractivity contribution is -0.142. The van der Waals surface area contributed by atoms with Crippen LogP contribution in [0.1, 0.15) is 43.1 Å². The molecule has 1 aliphatic carbocycles. The van der Waals surface area contributed by atoms with Gasteiger partial charge in [-0.2, -0.15) is 18.3 Å². The monoisotopic (exact) mass is 402 g/mol. The van der Waals surface area contributed by atoms with Gasteiger partial charge in [-0.25, -0.2) is 0 Å². The molecule has 0 spiro atoms. The summed E-state index contributed by atoms with van der Waals surface area (Å²) in [6.07, 6.45) is 0.0416. The van der Waals surface area contributed by atoms with Crippen LogP contribution < -0.4 is 5.32 Å². The second-order valence-corrected chi connectivity index (χ2v) is 6.46. The Balaban J connectivity index is 1.91. The van der Waals surface area contributed by atoms with Gasteiger partial charge < -0.3 is 5.32 Å². The number of aromatic nitrogens is 3. The summed E-state index contributed by atoms with van der Waals surface area (Å²) in [4.78, 5) is 16.2. The fraction of sp³-hybridized carbons (Fsp3) is 0.400. The first kappa shape index (κ1) is 16.9. The van der Waals surface area contributed by atoms with Gasteiger partial charge in [0.15, 0.2) is 5.69 Å². The summed E-state index contributed by atoms with van der Waals surface area (Å²) in [5.74, 6) is -0.439. The van der Waals surface area contributed by atoms with Crippen LogP contribution in [0.25, 0.3) is 0 Å². The number of nitrogens with one attached hydrogen (secondary N) is 1. The lowest BCUT2D eigenvalue weighted by Crippen LogP contribution is -2.26. The van der Waals surface area contributed by atoms with Gasteiger partial charge >= 0.3 is 6.18 Å². The number of hydrogen-bond acceptors (Lipinski definition) is 3. The predicted molar refractivity (Wildman–Crippen MR) is 84.5 cm³/mol. The van der Waals surface area contributed by atoms with E-state index in [0.29, 0.717) is 11.4 Å². The molecule has 9 heteroatoms. The Morgan fingerprint density at radius 3 is 2.54 bits per heavy atom. The van der Waals surface area contributed by atoms with Gasteiger partial charge in [0.25, 0.3) is 0 Å². The fourth-order valence-electron chi connectivity index (χ4n) is 2.42. The molecule has 1 amide bonds. The summed E-state index contributed by atoms with van der Waals surface area (Å²) in [6.45, 7) is 1.53. The number of carbonyl (C=O) groups excluding carboxylic acids is 1. The molecule has 0 aliphatic heterocycles. The zero-order valence-electron chi connectivity index (χ0n) is 12.6. The van der Waals surface area contributed by atoms with Crippen LogP contribution in [-0.2, 0) is 11.0 Å². The van der Waals surface area contributed by atoms with E-state index < -0.39 is 23.8 Å². The first-order valence-electron chi connectivity index (χ1n) is 7.35. The van der Waals surface area contributed by atoms with Crippen molar-refractivity contribution in [1.82, 2.24) is 14.8 Å². The maximum Gasteiger partial charge on any atom is 0.436 e. The summed E-state index contributed by atoms with van der Waals surface area (Å²) in [7, 11) is 0. The van der Waals surface area contributed by atoms with Crippen LogP contribution in [0.4, 0.5) is 18.9 Å². The van der Waals surface area contributed by atoms with E-state index in [2.05, 4.69) is 31.3 Å². The van der Waals surface area contributed by atoms with Gasteiger partial charge in [-0.3, -0.25) is 14.5 Å². The van der Waals surface area contributed by atoms with Crippen molar-refractivity contribution in [3.8, 4) is 0 Å². The van der Waals surface area contributed by atoms with Gasteiger partial charge in [-0.05, 0) is 47.8 Å². The zero-order valence-corrected chi connectivity index (χ0v) is 14.2. The number of nitrogens with zero attached hydrogens (tertiary/aromatic N) is 3. The second-order valence-electron chi connectivity index (χ2n) is 5.67. The molecule has 5 nitrogen and oxygen atoms in total. The number of hydrogen-bond donors (Lipinski definition) is 1. The molecule has 0 bridgehead atoms. The van der Waals surface area contributed by atoms with Crippen molar-refractivity contribution in [2.24, 2.45) is 0 Å². The van der Waals surface area contributed by atoms with Crippen molar-refractivity contribution < 1.29 is 18.0 Å². The van der Waals surface area contributed by atoms with E-state index in [1.807, 2.05) is 0 Å². The molecule has 2 aromatic rings. The highest BCUT2D eigenvalue weighted by atomic mass is 79.9. The van der Waals surface area contributed by atoms with Gasteiger partial charge in [-0.15, -0.1) is 0 Å². The Hall–Kier alpha value is -1.90. The quantitative estimate of drug-likeness (QED) is 0.835. The summed E-state index contributed by atoms with van der Waals surface area (Å²) in [6, 6.07) is 2.33. The maximum atomic E-state index is 13.1. The molecule has 1 aliphatic rings. The number of alkyl halides is 3. The summed E-state index contributed by atoms with van der Waals surface area (Å²) < 4.78 is 40.5. The molecule has 2 heterocycles. The number of amides is 1. The third-order valence-electron chi connectivity index (χ3n) is 3.81. The van der Waals surface area contributed by atoms with Crippen LogP contribution in [-0.4, -0.2) is 20.7 Å². The fourth-order valence-corrected chi connectivity index (χ4v) is 3.23. The third kappa shape index (κ3) is 3.31. The van der Waals surface area contributed by atoms with E-state index in [4.69, 9.17) is 0 Å². The topological polar surface area (TPSA) is 59.8 Å². The van der Waals surface area contributed by atoms with Gasteiger partial charge in [0.05, 0.1) is 10.2 Å². The van der Waals surface area contributed by atoms with Crippen LogP contribution >= 0.6 is 15.9 Å². The highest BCUT2D eigenvalue weighted by molar-refractivity contribution is 9.10. The number of anilines is 1. The molecule has 3 rings (SSSR count). The van der Waals surface area contributed by atoms with Crippen LogP contribution in [0.3, 0.4) is 0 Å². The lowest BCUT2D eigenvalue weighted by Gasteiger charge is -2.15. The van der Waals surface area contributed by atoms with Crippen molar-refractivity contribution in [3.05, 3.63) is 40.4 Å². The molecule has 1 fully saturated rings. The van der Waals surface area contributed by atoms with E-state index >= 15 is 0 Å². The van der Waals surface area contributed by atoms with Gasteiger partial charge in [0, 0.05) is 24.0 Å². The molecule has 24 heavy (non-hydrogen) atoms. The van der Waals surface area contributed by atoms with E-state index in [1.165, 1.54) is 24.0 Å². The summed E-state index contributed by atoms with van der Waals surface area (Å²) in [5.41, 5.74) is -0.0373. The molecule has 128 valence electrons. The van der Waals surface area contributed by atoms with Gasteiger partial charge in [0.1, 0.15) is 6.04 Å². The van der Waals surface area contributed by atoms with Crippen molar-refractivity contribution in [1.29, 1.82) is 0 Å². The SMILES string of the molecule is CC(C(=O)Nc1ccncc1)n1nc(C(F)(F)F)c(Br)c1C1CC1. The van der Waals surface area contributed by atoms with Crippen LogP contribution in [0, 0.1) is 0 Å². The molecular weight excluding hydrogens is 389 g/mol. The Labute approximate surface area is 144 Å². The lowest BCUT2D eigenvalue weighted by atomic mass is 10.2. The van der Waals surface area contributed by atoms with Crippen molar-refractivity contribution >= 4 is 27.5 Å². The average molecular weight is 403 g/mol. The number of rotatable bonds is 4. The van der Waals surface area contributed by atoms with Crippen molar-refractivity contribution in [2.75, 3.05) is 5.32 Å². The second kappa shape index (κ2) is 6.19. The smallest absolute Gasteiger partial charge is 0.324 e. The Kier molecular flexibility index (Phi) is 4.37. The number of halogens is 4. The molecule has 0 aromatic carbocycles. The minimum Gasteiger partial charge on any atom is -0.324 e. The predicted octanol–water partition coefficient (Wildman–Crippen LogP) is 4.14. The van der Waals surface area contributed by atoms with E-state index in [-0.39, 0.29) is 10.4 Å². The Bertz CT molecular complexity index is 756. The summed E-state index contributed by atoms with van der Waals surface area (Å²) >= 11 is 3.02. The molecule has 1 saturated carbocycles. The van der Waals surface area contributed by atoms with E-state index in [1.54, 1.807) is 12.1 Å². The first-order valence-corrected chi connectivity index (χ1v) is 8.14. The summed E-state index contributed by atoms with van der Waals surface area (Å²) in [5, 5.41) is 6.33. The molecule has 1 atom stereocenters. The molecule has 0 saturated heterocycles. The number of pyridine rings is 1. The third-order valence-corrected chi connectivity index (χ3v) is 4.60. The standard InChI is InChI=1S/C15H14BrF3N4O/c1-8(14(24)21-10-4-6-20-7-5-10)23-12(9-2-3-9)11(16)13(22-23)15(17,18)19/h4-9H,2-3H2,1H3,(H,20,21,24). The van der Waals surface area contributed by atoms with E-state index in [0.717, 1.165) is 12.8 Å². The van der Waals surface area contributed by atoms with E-state index in [9.17, 15) is 18.0 Å². The minimum absolute atomic E-state index is 0.000787. The Morgan fingerprint density at radius 1 is 1.38 bits per heavy atom. The molecular formula is C15H14BrF3N4O. The zero-order chi connectivity index (χ0) is 17.5. The number of carbonyl (C=O) groups is 1. The highest BCUT2D eigenvalue weighted by Crippen LogP contribution is 2.47. The molecule has 1 N–H and O–H groups in total. The molecule has 0 radical (unpaired) electrons. The van der Waals surface area contributed by atoms with Gasteiger partial charge in [-0.1, -0.05) is 0 Å². The minimum atomic E-state index is -4.57. The maximum absolute atomic E-state index is 13.1. The van der Waals surface area contributed by atoms with Crippen LogP contribution in [0.2, 0.25) is 0 Å². The normalized spacial score (nSPS) is 16.0.